The Labute approximate surface area is 114 Å². The molecule has 1 aliphatic rings. The van der Waals surface area contributed by atoms with E-state index in [1.165, 1.54) is 6.92 Å². The van der Waals surface area contributed by atoms with Crippen molar-refractivity contribution in [1.29, 1.82) is 0 Å². The molecule has 1 rings (SSSR count). The van der Waals surface area contributed by atoms with Crippen LogP contribution in [0.15, 0.2) is 0 Å². The summed E-state index contributed by atoms with van der Waals surface area (Å²) in [5.74, 6) is -0.243. The van der Waals surface area contributed by atoms with Crippen molar-refractivity contribution in [2.75, 3.05) is 13.2 Å². The van der Waals surface area contributed by atoms with Gasteiger partial charge in [0.05, 0.1) is 24.8 Å². The number of aliphatic hydroxyl groups excluding tert-OH is 3. The van der Waals surface area contributed by atoms with E-state index in [1.807, 2.05) is 25.7 Å². The number of piperidine rings is 1. The van der Waals surface area contributed by atoms with Gasteiger partial charge in [0.25, 0.3) is 0 Å². The van der Waals surface area contributed by atoms with Crippen LogP contribution < -0.4 is 5.32 Å². The molecule has 1 aliphatic heterocycles. The third kappa shape index (κ3) is 3.45. The predicted molar refractivity (Wildman–Crippen MR) is 71.6 cm³/mol. The molecule has 0 saturated carbocycles. The molecular weight excluding hydrogens is 248 g/mol. The maximum absolute atomic E-state index is 11.2. The molecule has 0 spiro atoms. The molecule has 1 amide bonds. The van der Waals surface area contributed by atoms with Crippen LogP contribution in [0.25, 0.3) is 0 Å². The minimum atomic E-state index is -1.08. The lowest BCUT2D eigenvalue weighted by Crippen LogP contribution is -2.70. The molecule has 19 heavy (non-hydrogen) atoms. The lowest BCUT2D eigenvalue weighted by Gasteiger charge is -2.51. The van der Waals surface area contributed by atoms with Crippen LogP contribution in [0.5, 0.6) is 0 Å². The minimum absolute atomic E-state index is 0.228. The molecule has 6 heteroatoms. The number of nitrogens with zero attached hydrogens (tertiary/aromatic N) is 1. The number of hydrogen-bond donors (Lipinski definition) is 4. The zero-order chi connectivity index (χ0) is 14.8. The Morgan fingerprint density at radius 2 is 1.95 bits per heavy atom. The second-order valence-electron chi connectivity index (χ2n) is 5.86. The monoisotopic (exact) mass is 274 g/mol. The van der Waals surface area contributed by atoms with Crippen molar-refractivity contribution in [3.63, 3.8) is 0 Å². The molecule has 6 nitrogen and oxygen atoms in total. The first-order valence-corrected chi connectivity index (χ1v) is 6.75. The van der Waals surface area contributed by atoms with Crippen molar-refractivity contribution >= 4 is 5.91 Å². The first-order valence-electron chi connectivity index (χ1n) is 6.75. The Bertz CT molecular complexity index is 322. The molecular formula is C13H26N2O4. The normalized spacial score (nSPS) is 33.2. The van der Waals surface area contributed by atoms with Crippen LogP contribution in [0, 0.1) is 0 Å². The number of likely N-dealkylation sites (tertiary alicyclic amines) is 1. The summed E-state index contributed by atoms with van der Waals surface area (Å²) in [5.41, 5.74) is -0.231. The van der Waals surface area contributed by atoms with Gasteiger partial charge in [-0.3, -0.25) is 9.69 Å². The summed E-state index contributed by atoms with van der Waals surface area (Å²) >= 11 is 0. The van der Waals surface area contributed by atoms with Crippen LogP contribution in [0.2, 0.25) is 0 Å². The lowest BCUT2D eigenvalue weighted by molar-refractivity contribution is -0.140. The fraction of sp³-hybridized carbons (Fsp3) is 0.923. The van der Waals surface area contributed by atoms with Gasteiger partial charge < -0.3 is 20.6 Å². The molecule has 112 valence electrons. The maximum atomic E-state index is 11.2. The van der Waals surface area contributed by atoms with Crippen molar-refractivity contribution < 1.29 is 20.1 Å². The molecule has 0 aromatic carbocycles. The van der Waals surface area contributed by atoms with Gasteiger partial charge in [-0.2, -0.15) is 0 Å². The van der Waals surface area contributed by atoms with Crippen molar-refractivity contribution in [2.45, 2.75) is 63.9 Å². The van der Waals surface area contributed by atoms with Crippen molar-refractivity contribution in [3.8, 4) is 0 Å². The summed E-state index contributed by atoms with van der Waals surface area (Å²) in [7, 11) is 0. The maximum Gasteiger partial charge on any atom is 0.217 e. The predicted octanol–water partition coefficient (Wildman–Crippen LogP) is -0.922. The smallest absolute Gasteiger partial charge is 0.217 e. The van der Waals surface area contributed by atoms with Crippen LogP contribution in [0.1, 0.15) is 34.1 Å². The summed E-state index contributed by atoms with van der Waals surface area (Å²) in [4.78, 5) is 13.1. The molecule has 0 radical (unpaired) electrons. The largest absolute Gasteiger partial charge is 0.395 e. The van der Waals surface area contributed by atoms with Gasteiger partial charge in [0.15, 0.2) is 0 Å². The van der Waals surface area contributed by atoms with E-state index in [9.17, 15) is 20.1 Å². The Morgan fingerprint density at radius 1 is 1.37 bits per heavy atom. The number of carbonyl (C=O) groups is 1. The Morgan fingerprint density at radius 3 is 2.37 bits per heavy atom. The minimum Gasteiger partial charge on any atom is -0.395 e. The fourth-order valence-corrected chi connectivity index (χ4v) is 2.60. The third-order valence-corrected chi connectivity index (χ3v) is 4.17. The molecule has 0 bridgehead atoms. The molecule has 0 aromatic heterocycles. The molecule has 4 atom stereocenters. The van der Waals surface area contributed by atoms with Gasteiger partial charge >= 0.3 is 0 Å². The molecule has 0 aliphatic carbocycles. The van der Waals surface area contributed by atoms with Gasteiger partial charge in [0.1, 0.15) is 6.10 Å². The topological polar surface area (TPSA) is 93.0 Å². The van der Waals surface area contributed by atoms with Gasteiger partial charge in [-0.25, -0.2) is 0 Å². The summed E-state index contributed by atoms with van der Waals surface area (Å²) < 4.78 is 0. The van der Waals surface area contributed by atoms with Crippen molar-refractivity contribution in [1.82, 2.24) is 10.2 Å². The third-order valence-electron chi connectivity index (χ3n) is 4.17. The van der Waals surface area contributed by atoms with Gasteiger partial charge in [-0.1, -0.05) is 6.92 Å². The Balaban J connectivity index is 2.97. The van der Waals surface area contributed by atoms with E-state index in [-0.39, 0.29) is 18.1 Å². The van der Waals surface area contributed by atoms with E-state index in [0.717, 1.165) is 6.42 Å². The standard InChI is InChI=1S/C13H26N2O4/c1-5-13(3,4)15-6-9(14-8(2)17)11(18)12(19)10(15)7-16/h9-12,16,18-19H,5-7H2,1-4H3,(H,14,17)/t9-,10?,11?,12?/m1/s1. The average molecular weight is 274 g/mol. The van der Waals surface area contributed by atoms with Crippen molar-refractivity contribution in [3.05, 3.63) is 0 Å². The number of nitrogens with one attached hydrogen (secondary N) is 1. The highest BCUT2D eigenvalue weighted by atomic mass is 16.3. The highest BCUT2D eigenvalue weighted by molar-refractivity contribution is 5.73. The number of amides is 1. The highest BCUT2D eigenvalue weighted by Gasteiger charge is 2.46. The van der Waals surface area contributed by atoms with E-state index >= 15 is 0 Å². The zero-order valence-electron chi connectivity index (χ0n) is 12.1. The van der Waals surface area contributed by atoms with E-state index in [4.69, 9.17) is 0 Å². The molecule has 1 heterocycles. The number of carbonyl (C=O) groups excluding carboxylic acids is 1. The van der Waals surface area contributed by atoms with E-state index in [2.05, 4.69) is 5.32 Å². The van der Waals surface area contributed by atoms with Crippen molar-refractivity contribution in [2.24, 2.45) is 0 Å². The summed E-state index contributed by atoms with van der Waals surface area (Å²) in [6, 6.07) is -1.05. The van der Waals surface area contributed by atoms with E-state index in [1.54, 1.807) is 0 Å². The summed E-state index contributed by atoms with van der Waals surface area (Å²) in [6.45, 7) is 7.62. The van der Waals surface area contributed by atoms with Crippen LogP contribution in [-0.4, -0.2) is 69.1 Å². The van der Waals surface area contributed by atoms with Crippen LogP contribution in [0.3, 0.4) is 0 Å². The Hall–Kier alpha value is -0.690. The number of aliphatic hydroxyl groups is 3. The average Bonchev–Trinajstić information content (AvgIpc) is 2.34. The van der Waals surface area contributed by atoms with Crippen LogP contribution in [0.4, 0.5) is 0 Å². The van der Waals surface area contributed by atoms with Gasteiger partial charge in [-0.05, 0) is 20.3 Å². The van der Waals surface area contributed by atoms with E-state index < -0.39 is 24.3 Å². The second-order valence-corrected chi connectivity index (χ2v) is 5.86. The van der Waals surface area contributed by atoms with Gasteiger partial charge in [0, 0.05) is 19.0 Å². The second kappa shape index (κ2) is 6.17. The first-order chi connectivity index (χ1) is 8.74. The zero-order valence-corrected chi connectivity index (χ0v) is 12.1. The molecule has 4 N–H and O–H groups in total. The number of hydrogen-bond acceptors (Lipinski definition) is 5. The summed E-state index contributed by atoms with van der Waals surface area (Å²) in [5, 5.41) is 32.3. The molecule has 1 fully saturated rings. The Kier molecular flexibility index (Phi) is 5.32. The lowest BCUT2D eigenvalue weighted by atomic mass is 9.86. The first kappa shape index (κ1) is 16.4. The summed E-state index contributed by atoms with van der Waals surface area (Å²) in [6.07, 6.45) is -1.31. The van der Waals surface area contributed by atoms with Crippen LogP contribution in [-0.2, 0) is 4.79 Å². The molecule has 3 unspecified atom stereocenters. The van der Waals surface area contributed by atoms with E-state index in [0.29, 0.717) is 6.54 Å². The SMILES string of the molecule is CCC(C)(C)N1C[C@@H](NC(C)=O)C(O)C(O)C1CO. The number of rotatable bonds is 4. The highest BCUT2D eigenvalue weighted by Crippen LogP contribution is 2.28. The molecule has 0 aromatic rings. The van der Waals surface area contributed by atoms with Crippen LogP contribution >= 0.6 is 0 Å². The van der Waals surface area contributed by atoms with Gasteiger partial charge in [-0.15, -0.1) is 0 Å². The van der Waals surface area contributed by atoms with Gasteiger partial charge in [0.2, 0.25) is 5.91 Å². The fourth-order valence-electron chi connectivity index (χ4n) is 2.60. The molecule has 1 saturated heterocycles. The quantitative estimate of drug-likeness (QED) is 0.532.